The second-order valence-electron chi connectivity index (χ2n) is 5.71. The maximum Gasteiger partial charge on any atom is 0.0596 e. The van der Waals surface area contributed by atoms with Gasteiger partial charge < -0.3 is 5.32 Å². The van der Waals surface area contributed by atoms with Gasteiger partial charge in [-0.3, -0.25) is 4.68 Å². The second kappa shape index (κ2) is 6.37. The van der Waals surface area contributed by atoms with Crippen LogP contribution in [0.1, 0.15) is 50.4 Å². The van der Waals surface area contributed by atoms with Crippen molar-refractivity contribution in [3.05, 3.63) is 17.5 Å². The normalized spacial score (nSPS) is 24.4. The molecule has 0 radical (unpaired) electrons. The van der Waals surface area contributed by atoms with Gasteiger partial charge in [0.1, 0.15) is 0 Å². The summed E-state index contributed by atoms with van der Waals surface area (Å²) in [5.74, 6) is 0.792. The number of nitrogens with one attached hydrogen (secondary N) is 1. The summed E-state index contributed by atoms with van der Waals surface area (Å²) in [5.41, 5.74) is 2.53. The van der Waals surface area contributed by atoms with Crippen molar-refractivity contribution in [2.24, 2.45) is 13.0 Å². The summed E-state index contributed by atoms with van der Waals surface area (Å²) in [4.78, 5) is 0. The van der Waals surface area contributed by atoms with Crippen molar-refractivity contribution >= 4 is 0 Å². The molecule has 0 aromatic carbocycles. The van der Waals surface area contributed by atoms with Crippen LogP contribution in [0.2, 0.25) is 0 Å². The summed E-state index contributed by atoms with van der Waals surface area (Å²) >= 11 is 0. The molecule has 0 saturated heterocycles. The molecule has 0 aliphatic heterocycles. The molecule has 1 heterocycles. The Labute approximate surface area is 111 Å². The molecule has 1 aromatic heterocycles. The molecule has 1 aliphatic carbocycles. The predicted molar refractivity (Wildman–Crippen MR) is 75.7 cm³/mol. The Morgan fingerprint density at radius 3 is 2.83 bits per heavy atom. The molecule has 1 N–H and O–H groups in total. The van der Waals surface area contributed by atoms with E-state index in [0.717, 1.165) is 18.2 Å². The van der Waals surface area contributed by atoms with Crippen LogP contribution in [0.4, 0.5) is 0 Å². The van der Waals surface area contributed by atoms with Crippen LogP contribution in [0.25, 0.3) is 0 Å². The summed E-state index contributed by atoms with van der Waals surface area (Å²) in [7, 11) is 2.07. The highest BCUT2D eigenvalue weighted by molar-refractivity contribution is 5.10. The Morgan fingerprint density at radius 1 is 1.39 bits per heavy atom. The minimum absolute atomic E-state index is 0.717. The predicted octanol–water partition coefficient (Wildman–Crippen LogP) is 2.83. The van der Waals surface area contributed by atoms with Gasteiger partial charge in [-0.1, -0.05) is 19.8 Å². The van der Waals surface area contributed by atoms with Crippen molar-refractivity contribution in [2.45, 2.75) is 58.4 Å². The lowest BCUT2D eigenvalue weighted by molar-refractivity contribution is 0.258. The van der Waals surface area contributed by atoms with E-state index < -0.39 is 0 Å². The third-order valence-corrected chi connectivity index (χ3v) is 4.14. The van der Waals surface area contributed by atoms with E-state index in [4.69, 9.17) is 0 Å². The summed E-state index contributed by atoms with van der Waals surface area (Å²) in [5, 5.41) is 8.20. The third kappa shape index (κ3) is 3.35. The highest BCUT2D eigenvalue weighted by Crippen LogP contribution is 2.27. The Kier molecular flexibility index (Phi) is 4.81. The van der Waals surface area contributed by atoms with Crippen LogP contribution in [0.5, 0.6) is 0 Å². The zero-order chi connectivity index (χ0) is 13.0. The third-order valence-electron chi connectivity index (χ3n) is 4.14. The number of hydrogen-bond acceptors (Lipinski definition) is 2. The summed E-state index contributed by atoms with van der Waals surface area (Å²) in [6, 6.07) is 2.96. The monoisotopic (exact) mass is 249 g/mol. The van der Waals surface area contributed by atoms with Crippen molar-refractivity contribution in [3.8, 4) is 0 Å². The fourth-order valence-electron chi connectivity index (χ4n) is 3.17. The van der Waals surface area contributed by atoms with Gasteiger partial charge in [-0.2, -0.15) is 5.10 Å². The minimum Gasteiger partial charge on any atom is -0.314 e. The van der Waals surface area contributed by atoms with Gasteiger partial charge in [0.05, 0.1) is 5.69 Å². The van der Waals surface area contributed by atoms with E-state index in [0.29, 0.717) is 6.04 Å². The Hall–Kier alpha value is -0.830. The van der Waals surface area contributed by atoms with Gasteiger partial charge in [0, 0.05) is 18.8 Å². The summed E-state index contributed by atoms with van der Waals surface area (Å²) in [6.45, 7) is 5.48. The molecule has 3 nitrogen and oxygen atoms in total. The first-order valence-corrected chi connectivity index (χ1v) is 7.43. The van der Waals surface area contributed by atoms with Crippen LogP contribution in [-0.2, 0) is 13.5 Å². The SMILES string of the molecule is CCCNC1CCCCC1Cc1cc(C)nn1C. The lowest BCUT2D eigenvalue weighted by atomic mass is 9.81. The van der Waals surface area contributed by atoms with Crippen LogP contribution in [0.3, 0.4) is 0 Å². The van der Waals surface area contributed by atoms with Gasteiger partial charge >= 0.3 is 0 Å². The Balaban J connectivity index is 1.98. The maximum absolute atomic E-state index is 4.46. The summed E-state index contributed by atoms with van der Waals surface area (Å²) < 4.78 is 2.06. The van der Waals surface area contributed by atoms with Crippen LogP contribution in [-0.4, -0.2) is 22.4 Å². The average molecular weight is 249 g/mol. The molecule has 1 fully saturated rings. The molecule has 2 rings (SSSR count). The molecule has 102 valence electrons. The van der Waals surface area contributed by atoms with E-state index in [-0.39, 0.29) is 0 Å². The molecule has 1 aromatic rings. The van der Waals surface area contributed by atoms with Gasteiger partial charge in [-0.25, -0.2) is 0 Å². The summed E-state index contributed by atoms with van der Waals surface area (Å²) in [6.07, 6.45) is 7.91. The van der Waals surface area contributed by atoms with Crippen molar-refractivity contribution < 1.29 is 0 Å². The van der Waals surface area contributed by atoms with Crippen molar-refractivity contribution in [2.75, 3.05) is 6.54 Å². The van der Waals surface area contributed by atoms with E-state index in [9.17, 15) is 0 Å². The highest BCUT2D eigenvalue weighted by Gasteiger charge is 2.25. The Bertz CT molecular complexity index is 370. The number of nitrogens with zero attached hydrogens (tertiary/aromatic N) is 2. The lowest BCUT2D eigenvalue weighted by Gasteiger charge is -2.32. The molecular weight excluding hydrogens is 222 g/mol. The van der Waals surface area contributed by atoms with Crippen LogP contribution < -0.4 is 5.32 Å². The van der Waals surface area contributed by atoms with Gasteiger partial charge in [-0.05, 0) is 51.1 Å². The standard InChI is InChI=1S/C15H27N3/c1-4-9-16-15-8-6-5-7-13(15)11-14-10-12(2)17-18(14)3/h10,13,15-16H,4-9,11H2,1-3H3. The molecule has 0 spiro atoms. The molecule has 1 aliphatic rings. The smallest absolute Gasteiger partial charge is 0.0596 e. The van der Waals surface area contributed by atoms with E-state index in [1.54, 1.807) is 0 Å². The van der Waals surface area contributed by atoms with E-state index in [1.807, 2.05) is 0 Å². The van der Waals surface area contributed by atoms with Crippen LogP contribution in [0.15, 0.2) is 6.07 Å². The number of aryl methyl sites for hydroxylation is 2. The second-order valence-corrected chi connectivity index (χ2v) is 5.71. The molecule has 0 bridgehead atoms. The zero-order valence-corrected chi connectivity index (χ0v) is 12.1. The molecule has 2 unspecified atom stereocenters. The molecule has 1 saturated carbocycles. The van der Waals surface area contributed by atoms with Gasteiger partial charge in [0.25, 0.3) is 0 Å². The first kappa shape index (κ1) is 13.6. The molecule has 2 atom stereocenters. The highest BCUT2D eigenvalue weighted by atomic mass is 15.3. The number of rotatable bonds is 5. The fourth-order valence-corrected chi connectivity index (χ4v) is 3.17. The van der Waals surface area contributed by atoms with Gasteiger partial charge in [-0.15, -0.1) is 0 Å². The van der Waals surface area contributed by atoms with Crippen molar-refractivity contribution in [1.29, 1.82) is 0 Å². The fraction of sp³-hybridized carbons (Fsp3) is 0.800. The first-order chi connectivity index (χ1) is 8.70. The molecular formula is C15H27N3. The maximum atomic E-state index is 4.46. The quantitative estimate of drug-likeness (QED) is 0.869. The zero-order valence-electron chi connectivity index (χ0n) is 12.1. The molecule has 0 amide bonds. The van der Waals surface area contributed by atoms with Crippen molar-refractivity contribution in [1.82, 2.24) is 15.1 Å². The Morgan fingerprint density at radius 2 is 2.17 bits per heavy atom. The van der Waals surface area contributed by atoms with Gasteiger partial charge in [0.2, 0.25) is 0 Å². The topological polar surface area (TPSA) is 29.9 Å². The van der Waals surface area contributed by atoms with Crippen LogP contribution >= 0.6 is 0 Å². The van der Waals surface area contributed by atoms with Crippen molar-refractivity contribution in [3.63, 3.8) is 0 Å². The van der Waals surface area contributed by atoms with E-state index in [2.05, 4.69) is 42.1 Å². The average Bonchev–Trinajstić information content (AvgIpc) is 2.67. The van der Waals surface area contributed by atoms with Gasteiger partial charge in [0.15, 0.2) is 0 Å². The largest absolute Gasteiger partial charge is 0.314 e. The van der Waals surface area contributed by atoms with E-state index >= 15 is 0 Å². The minimum atomic E-state index is 0.717. The molecule has 3 heteroatoms. The number of aromatic nitrogens is 2. The first-order valence-electron chi connectivity index (χ1n) is 7.43. The molecule has 18 heavy (non-hydrogen) atoms. The van der Waals surface area contributed by atoms with E-state index in [1.165, 1.54) is 44.2 Å². The lowest BCUT2D eigenvalue weighted by Crippen LogP contribution is -2.40. The van der Waals surface area contributed by atoms with Crippen LogP contribution in [0, 0.1) is 12.8 Å². The number of hydrogen-bond donors (Lipinski definition) is 1.